The van der Waals surface area contributed by atoms with Crippen LogP contribution in [0.25, 0.3) is 32.6 Å². The van der Waals surface area contributed by atoms with Crippen LogP contribution in [0.5, 0.6) is 0 Å². The van der Waals surface area contributed by atoms with Crippen molar-refractivity contribution in [2.45, 2.75) is 6.18 Å². The van der Waals surface area contributed by atoms with Crippen LogP contribution in [0.1, 0.15) is 5.56 Å². The third-order valence-corrected chi connectivity index (χ3v) is 4.74. The Morgan fingerprint density at radius 3 is 2.68 bits per heavy atom. The molecule has 0 fully saturated rings. The fraction of sp³-hybridized carbons (Fsp3) is 0.0588. The summed E-state index contributed by atoms with van der Waals surface area (Å²) in [6.45, 7) is 0. The SMILES string of the molecule is Nc1nc(-c2cccc(C(F)(F)F)c2)c(-c2ccc3cn[nH]c3c2)s1. The first-order chi connectivity index (χ1) is 11.9. The van der Waals surface area contributed by atoms with Gasteiger partial charge in [0.15, 0.2) is 5.13 Å². The van der Waals surface area contributed by atoms with Gasteiger partial charge in [0, 0.05) is 10.9 Å². The van der Waals surface area contributed by atoms with Gasteiger partial charge < -0.3 is 5.73 Å². The Kier molecular flexibility index (Phi) is 3.50. The van der Waals surface area contributed by atoms with Gasteiger partial charge in [0.25, 0.3) is 0 Å². The molecule has 4 aromatic rings. The number of aromatic amines is 1. The van der Waals surface area contributed by atoms with E-state index in [1.807, 2.05) is 18.2 Å². The minimum Gasteiger partial charge on any atom is -0.375 e. The van der Waals surface area contributed by atoms with Crippen molar-refractivity contribution in [1.82, 2.24) is 15.2 Å². The molecule has 0 saturated heterocycles. The normalized spacial score (nSPS) is 12.0. The number of nitrogen functional groups attached to an aromatic ring is 1. The second-order valence-electron chi connectivity index (χ2n) is 5.48. The van der Waals surface area contributed by atoms with Crippen LogP contribution in [0.2, 0.25) is 0 Å². The summed E-state index contributed by atoms with van der Waals surface area (Å²) in [6, 6.07) is 10.7. The Morgan fingerprint density at radius 2 is 1.88 bits per heavy atom. The van der Waals surface area contributed by atoms with Gasteiger partial charge >= 0.3 is 6.18 Å². The van der Waals surface area contributed by atoms with Gasteiger partial charge in [-0.05, 0) is 23.8 Å². The van der Waals surface area contributed by atoms with Crippen LogP contribution < -0.4 is 5.73 Å². The first-order valence-corrected chi connectivity index (χ1v) is 8.11. The van der Waals surface area contributed by atoms with E-state index in [2.05, 4.69) is 15.2 Å². The summed E-state index contributed by atoms with van der Waals surface area (Å²) in [5.41, 5.74) is 7.58. The van der Waals surface area contributed by atoms with Crippen molar-refractivity contribution in [3.05, 3.63) is 54.2 Å². The van der Waals surface area contributed by atoms with Gasteiger partial charge in [-0.3, -0.25) is 5.10 Å². The molecule has 2 heterocycles. The average molecular weight is 360 g/mol. The zero-order chi connectivity index (χ0) is 17.6. The molecule has 0 aliphatic rings. The quantitative estimate of drug-likeness (QED) is 0.531. The summed E-state index contributed by atoms with van der Waals surface area (Å²) < 4.78 is 39.0. The molecule has 0 aliphatic carbocycles. The molecule has 0 unspecified atom stereocenters. The van der Waals surface area contributed by atoms with E-state index in [1.165, 1.54) is 17.4 Å². The third kappa shape index (κ3) is 2.85. The van der Waals surface area contributed by atoms with Crippen LogP contribution in [0.15, 0.2) is 48.7 Å². The standard InChI is InChI=1S/C17H11F3N4S/c18-17(19,20)12-3-1-2-9(6-12)14-15(25-16(21)23-14)10-4-5-11-8-22-24-13(11)7-10/h1-8H,(H2,21,23)(H,22,24). The first kappa shape index (κ1) is 15.6. The van der Waals surface area contributed by atoms with Gasteiger partial charge in [0.1, 0.15) is 0 Å². The molecule has 2 aromatic carbocycles. The van der Waals surface area contributed by atoms with E-state index in [1.54, 1.807) is 12.3 Å². The number of nitrogens with zero attached hydrogens (tertiary/aromatic N) is 2. The number of anilines is 1. The summed E-state index contributed by atoms with van der Waals surface area (Å²) in [4.78, 5) is 4.97. The fourth-order valence-corrected chi connectivity index (χ4v) is 3.50. The highest BCUT2D eigenvalue weighted by atomic mass is 32.1. The highest BCUT2D eigenvalue weighted by molar-refractivity contribution is 7.19. The van der Waals surface area contributed by atoms with Gasteiger partial charge in [0.2, 0.25) is 0 Å². The van der Waals surface area contributed by atoms with Crippen LogP contribution in [0.3, 0.4) is 0 Å². The van der Waals surface area contributed by atoms with E-state index < -0.39 is 11.7 Å². The molecule has 0 saturated carbocycles. The molecular weight excluding hydrogens is 349 g/mol. The molecule has 0 amide bonds. The highest BCUT2D eigenvalue weighted by Gasteiger charge is 2.31. The van der Waals surface area contributed by atoms with Crippen LogP contribution in [0, 0.1) is 0 Å². The predicted octanol–water partition coefficient (Wildman–Crippen LogP) is 4.95. The number of alkyl halides is 3. The molecule has 3 N–H and O–H groups in total. The lowest BCUT2D eigenvalue weighted by Crippen LogP contribution is -2.04. The number of benzene rings is 2. The smallest absolute Gasteiger partial charge is 0.375 e. The number of H-pyrrole nitrogens is 1. The Bertz CT molecular complexity index is 1070. The molecule has 4 rings (SSSR count). The van der Waals surface area contributed by atoms with Gasteiger partial charge in [0.05, 0.1) is 27.8 Å². The monoisotopic (exact) mass is 360 g/mol. The Labute approximate surface area is 144 Å². The maximum absolute atomic E-state index is 13.0. The Morgan fingerprint density at radius 1 is 1.04 bits per heavy atom. The Balaban J connectivity index is 1.87. The first-order valence-electron chi connectivity index (χ1n) is 7.29. The molecule has 2 aromatic heterocycles. The summed E-state index contributed by atoms with van der Waals surface area (Å²) >= 11 is 1.24. The number of rotatable bonds is 2. The van der Waals surface area contributed by atoms with Crippen LogP contribution >= 0.6 is 11.3 Å². The highest BCUT2D eigenvalue weighted by Crippen LogP contribution is 2.40. The molecule has 126 valence electrons. The number of halogens is 3. The maximum atomic E-state index is 13.0. The number of nitrogens with one attached hydrogen (secondary N) is 1. The minimum absolute atomic E-state index is 0.298. The molecule has 0 bridgehead atoms. The van der Waals surface area contributed by atoms with Gasteiger partial charge in [-0.25, -0.2) is 4.98 Å². The number of hydrogen-bond donors (Lipinski definition) is 2. The van der Waals surface area contributed by atoms with Crippen LogP contribution in [-0.4, -0.2) is 15.2 Å². The summed E-state index contributed by atoms with van der Waals surface area (Å²) in [7, 11) is 0. The van der Waals surface area contributed by atoms with Crippen molar-refractivity contribution in [2.24, 2.45) is 0 Å². The molecule has 0 atom stereocenters. The van der Waals surface area contributed by atoms with Crippen molar-refractivity contribution < 1.29 is 13.2 Å². The van der Waals surface area contributed by atoms with Gasteiger partial charge in [-0.15, -0.1) is 0 Å². The lowest BCUT2D eigenvalue weighted by molar-refractivity contribution is -0.137. The third-order valence-electron chi connectivity index (χ3n) is 3.81. The van der Waals surface area contributed by atoms with Crippen molar-refractivity contribution in [3.63, 3.8) is 0 Å². The zero-order valence-corrected chi connectivity index (χ0v) is 13.4. The number of thiazole rings is 1. The number of aromatic nitrogens is 3. The number of hydrogen-bond acceptors (Lipinski definition) is 4. The molecule has 8 heteroatoms. The summed E-state index contributed by atoms with van der Waals surface area (Å²) in [5.74, 6) is 0. The second kappa shape index (κ2) is 5.59. The minimum atomic E-state index is -4.41. The van der Waals surface area contributed by atoms with Crippen molar-refractivity contribution in [3.8, 4) is 21.7 Å². The average Bonchev–Trinajstić information content (AvgIpc) is 3.19. The second-order valence-corrected chi connectivity index (χ2v) is 6.51. The van der Waals surface area contributed by atoms with E-state index in [4.69, 9.17) is 5.73 Å². The number of fused-ring (bicyclic) bond motifs is 1. The molecule has 0 spiro atoms. The van der Waals surface area contributed by atoms with E-state index in [-0.39, 0.29) is 0 Å². The van der Waals surface area contributed by atoms with Gasteiger partial charge in [-0.2, -0.15) is 18.3 Å². The van der Waals surface area contributed by atoms with Crippen LogP contribution in [-0.2, 0) is 6.18 Å². The van der Waals surface area contributed by atoms with Crippen molar-refractivity contribution in [1.29, 1.82) is 0 Å². The summed E-state index contributed by atoms with van der Waals surface area (Å²) in [6.07, 6.45) is -2.71. The number of nitrogens with two attached hydrogens (primary N) is 1. The topological polar surface area (TPSA) is 67.6 Å². The van der Waals surface area contributed by atoms with E-state index in [0.29, 0.717) is 21.3 Å². The Hall–Kier alpha value is -2.87. The van der Waals surface area contributed by atoms with E-state index in [9.17, 15) is 13.2 Å². The zero-order valence-electron chi connectivity index (χ0n) is 12.6. The largest absolute Gasteiger partial charge is 0.416 e. The fourth-order valence-electron chi connectivity index (χ4n) is 2.65. The van der Waals surface area contributed by atoms with Crippen molar-refractivity contribution >= 4 is 27.4 Å². The van der Waals surface area contributed by atoms with Crippen molar-refractivity contribution in [2.75, 3.05) is 5.73 Å². The maximum Gasteiger partial charge on any atom is 0.416 e. The molecule has 25 heavy (non-hydrogen) atoms. The van der Waals surface area contributed by atoms with E-state index in [0.717, 1.165) is 28.6 Å². The van der Waals surface area contributed by atoms with Crippen LogP contribution in [0.4, 0.5) is 18.3 Å². The predicted molar refractivity (Wildman–Crippen MR) is 92.1 cm³/mol. The molecule has 4 nitrogen and oxygen atoms in total. The molecule has 0 radical (unpaired) electrons. The summed E-state index contributed by atoms with van der Waals surface area (Å²) in [5, 5.41) is 8.10. The lowest BCUT2D eigenvalue weighted by Gasteiger charge is -2.09. The van der Waals surface area contributed by atoms with E-state index >= 15 is 0 Å². The van der Waals surface area contributed by atoms with Gasteiger partial charge in [-0.1, -0.05) is 35.6 Å². The molecule has 0 aliphatic heterocycles. The molecular formula is C17H11F3N4S. The lowest BCUT2D eigenvalue weighted by atomic mass is 10.0.